The first-order valence-electron chi connectivity index (χ1n) is 7.94. The average Bonchev–Trinajstić information content (AvgIpc) is 2.47. The lowest BCUT2D eigenvalue weighted by Gasteiger charge is -2.36. The average molecular weight is 314 g/mol. The van der Waals surface area contributed by atoms with Gasteiger partial charge in [0, 0.05) is 18.3 Å². The Morgan fingerprint density at radius 1 is 1.19 bits per heavy atom. The highest BCUT2D eigenvalue weighted by Gasteiger charge is 2.34. The molecule has 1 atom stereocenters. The number of thioether (sulfide) groups is 1. The minimum Gasteiger partial charge on any atom is -0.481 e. The van der Waals surface area contributed by atoms with Crippen molar-refractivity contribution in [2.75, 3.05) is 18.1 Å². The van der Waals surface area contributed by atoms with E-state index in [-0.39, 0.29) is 23.9 Å². The molecule has 3 N–H and O–H groups in total. The van der Waals surface area contributed by atoms with Crippen LogP contribution < -0.4 is 10.6 Å². The third kappa shape index (κ3) is 5.41. The number of amides is 2. The molecule has 2 amide bonds. The number of aliphatic carboxylic acids is 1. The summed E-state index contributed by atoms with van der Waals surface area (Å²) in [7, 11) is 0. The van der Waals surface area contributed by atoms with Crippen molar-refractivity contribution >= 4 is 23.8 Å². The molecule has 0 radical (unpaired) electrons. The Labute approximate surface area is 130 Å². The van der Waals surface area contributed by atoms with Crippen LogP contribution in [0, 0.1) is 5.41 Å². The van der Waals surface area contributed by atoms with E-state index in [0.29, 0.717) is 6.54 Å². The number of hydrogen-bond donors (Lipinski definition) is 3. The Bertz CT molecular complexity index is 364. The number of hydrogen-bond acceptors (Lipinski definition) is 3. The van der Waals surface area contributed by atoms with Gasteiger partial charge in [-0.2, -0.15) is 11.8 Å². The molecule has 1 saturated heterocycles. The van der Waals surface area contributed by atoms with E-state index in [0.717, 1.165) is 44.3 Å². The minimum absolute atomic E-state index is 0.141. The molecular formula is C15H26N2O3S. The van der Waals surface area contributed by atoms with Crippen LogP contribution in [0.15, 0.2) is 0 Å². The lowest BCUT2D eigenvalue weighted by atomic mass is 9.72. The van der Waals surface area contributed by atoms with Crippen molar-refractivity contribution in [1.29, 1.82) is 0 Å². The Balaban J connectivity index is 1.79. The molecule has 0 spiro atoms. The van der Waals surface area contributed by atoms with Gasteiger partial charge in [-0.3, -0.25) is 4.79 Å². The van der Waals surface area contributed by atoms with Crippen molar-refractivity contribution in [2.45, 2.75) is 57.4 Å². The lowest BCUT2D eigenvalue weighted by molar-refractivity contribution is -0.140. The third-order valence-electron chi connectivity index (χ3n) is 4.56. The molecule has 1 unspecified atom stereocenters. The molecule has 0 aromatic heterocycles. The molecule has 2 rings (SSSR count). The van der Waals surface area contributed by atoms with Gasteiger partial charge in [-0.15, -0.1) is 0 Å². The van der Waals surface area contributed by atoms with Gasteiger partial charge in [0.25, 0.3) is 0 Å². The Hall–Kier alpha value is -0.910. The highest BCUT2D eigenvalue weighted by molar-refractivity contribution is 7.99. The Morgan fingerprint density at radius 3 is 2.57 bits per heavy atom. The topological polar surface area (TPSA) is 78.4 Å². The van der Waals surface area contributed by atoms with Gasteiger partial charge in [-0.05, 0) is 36.9 Å². The molecule has 0 aromatic rings. The van der Waals surface area contributed by atoms with Crippen LogP contribution in [0.5, 0.6) is 0 Å². The number of rotatable bonds is 5. The van der Waals surface area contributed by atoms with E-state index in [9.17, 15) is 9.59 Å². The fourth-order valence-electron chi connectivity index (χ4n) is 3.40. The normalized spacial score (nSPS) is 25.0. The third-order valence-corrected chi connectivity index (χ3v) is 5.78. The first kappa shape index (κ1) is 16.5. The van der Waals surface area contributed by atoms with Crippen LogP contribution >= 0.6 is 11.8 Å². The van der Waals surface area contributed by atoms with E-state index in [2.05, 4.69) is 10.6 Å². The van der Waals surface area contributed by atoms with Crippen molar-refractivity contribution in [2.24, 2.45) is 5.41 Å². The van der Waals surface area contributed by atoms with E-state index >= 15 is 0 Å². The smallest absolute Gasteiger partial charge is 0.315 e. The van der Waals surface area contributed by atoms with Crippen LogP contribution in [0.1, 0.15) is 51.4 Å². The summed E-state index contributed by atoms with van der Waals surface area (Å²) in [5.74, 6) is 1.40. The molecule has 1 saturated carbocycles. The van der Waals surface area contributed by atoms with Crippen LogP contribution in [0.2, 0.25) is 0 Å². The molecule has 5 nitrogen and oxygen atoms in total. The van der Waals surface area contributed by atoms with E-state index in [1.54, 1.807) is 0 Å². The summed E-state index contributed by atoms with van der Waals surface area (Å²) in [4.78, 5) is 23.1. The fraction of sp³-hybridized carbons (Fsp3) is 0.867. The molecule has 1 heterocycles. The zero-order chi connectivity index (χ0) is 15.1. The number of carbonyl (C=O) groups is 2. The van der Waals surface area contributed by atoms with E-state index in [1.165, 1.54) is 12.2 Å². The lowest BCUT2D eigenvalue weighted by Crippen LogP contribution is -2.48. The summed E-state index contributed by atoms with van der Waals surface area (Å²) >= 11 is 1.88. The number of urea groups is 1. The van der Waals surface area contributed by atoms with Crippen molar-refractivity contribution < 1.29 is 14.7 Å². The second-order valence-electron chi connectivity index (χ2n) is 6.37. The molecular weight excluding hydrogens is 288 g/mol. The van der Waals surface area contributed by atoms with E-state index < -0.39 is 5.97 Å². The van der Waals surface area contributed by atoms with Gasteiger partial charge < -0.3 is 15.7 Å². The standard InChI is InChI=1S/C15H26N2O3S/c18-13(19)9-15(6-2-1-3-7-15)11-16-14(20)17-12-5-4-8-21-10-12/h12H,1-11H2,(H,18,19)(H2,16,17,20). The molecule has 2 fully saturated rings. The molecule has 1 aliphatic heterocycles. The Morgan fingerprint density at radius 2 is 1.95 bits per heavy atom. The van der Waals surface area contributed by atoms with Crippen molar-refractivity contribution in [3.63, 3.8) is 0 Å². The first-order chi connectivity index (χ1) is 10.1. The zero-order valence-corrected chi connectivity index (χ0v) is 13.3. The van der Waals surface area contributed by atoms with Crippen molar-refractivity contribution in [3.05, 3.63) is 0 Å². The van der Waals surface area contributed by atoms with Gasteiger partial charge in [0.2, 0.25) is 0 Å². The highest BCUT2D eigenvalue weighted by atomic mass is 32.2. The summed E-state index contributed by atoms with van der Waals surface area (Å²) in [5.41, 5.74) is -0.247. The molecule has 0 aromatic carbocycles. The quantitative estimate of drug-likeness (QED) is 0.729. The summed E-state index contributed by atoms with van der Waals surface area (Å²) < 4.78 is 0. The van der Waals surface area contributed by atoms with Crippen LogP contribution in [0.4, 0.5) is 4.79 Å². The van der Waals surface area contributed by atoms with Gasteiger partial charge >= 0.3 is 12.0 Å². The van der Waals surface area contributed by atoms with Crippen LogP contribution in [-0.4, -0.2) is 41.2 Å². The van der Waals surface area contributed by atoms with E-state index in [1.807, 2.05) is 11.8 Å². The summed E-state index contributed by atoms with van der Waals surface area (Å²) in [6.07, 6.45) is 7.46. The monoisotopic (exact) mass is 314 g/mol. The molecule has 21 heavy (non-hydrogen) atoms. The maximum Gasteiger partial charge on any atom is 0.315 e. The maximum atomic E-state index is 12.0. The van der Waals surface area contributed by atoms with Crippen LogP contribution in [-0.2, 0) is 4.79 Å². The number of nitrogens with one attached hydrogen (secondary N) is 2. The number of carboxylic acids is 1. The van der Waals surface area contributed by atoms with Crippen LogP contribution in [0.3, 0.4) is 0 Å². The summed E-state index contributed by atoms with van der Waals surface area (Å²) in [6.45, 7) is 0.477. The van der Waals surface area contributed by atoms with Crippen LogP contribution in [0.25, 0.3) is 0 Å². The zero-order valence-electron chi connectivity index (χ0n) is 12.5. The summed E-state index contributed by atoms with van der Waals surface area (Å²) in [5, 5.41) is 15.1. The SMILES string of the molecule is O=C(O)CC1(CNC(=O)NC2CCCSC2)CCCCC1. The summed E-state index contributed by atoms with van der Waals surface area (Å²) in [6, 6.07) is 0.114. The van der Waals surface area contributed by atoms with Crippen molar-refractivity contribution in [3.8, 4) is 0 Å². The minimum atomic E-state index is -0.761. The molecule has 2 aliphatic rings. The maximum absolute atomic E-state index is 12.0. The molecule has 6 heteroatoms. The molecule has 1 aliphatic carbocycles. The molecule has 0 bridgehead atoms. The Kier molecular flexibility index (Phi) is 6.21. The number of carboxylic acid groups (broad SMARTS) is 1. The van der Waals surface area contributed by atoms with Gasteiger partial charge in [0.05, 0.1) is 6.42 Å². The molecule has 120 valence electrons. The predicted molar refractivity (Wildman–Crippen MR) is 84.7 cm³/mol. The van der Waals surface area contributed by atoms with Gasteiger partial charge in [0.15, 0.2) is 0 Å². The highest BCUT2D eigenvalue weighted by Crippen LogP contribution is 2.38. The fourth-order valence-corrected chi connectivity index (χ4v) is 4.47. The second kappa shape index (κ2) is 7.92. The van der Waals surface area contributed by atoms with Gasteiger partial charge in [0.1, 0.15) is 0 Å². The first-order valence-corrected chi connectivity index (χ1v) is 9.09. The van der Waals surface area contributed by atoms with Gasteiger partial charge in [-0.1, -0.05) is 19.3 Å². The second-order valence-corrected chi connectivity index (χ2v) is 7.52. The van der Waals surface area contributed by atoms with Gasteiger partial charge in [-0.25, -0.2) is 4.79 Å². The van der Waals surface area contributed by atoms with Crippen molar-refractivity contribution in [1.82, 2.24) is 10.6 Å². The largest absolute Gasteiger partial charge is 0.481 e. The number of carbonyl (C=O) groups excluding carboxylic acids is 1. The predicted octanol–water partition coefficient (Wildman–Crippen LogP) is 2.61. The van der Waals surface area contributed by atoms with E-state index in [4.69, 9.17) is 5.11 Å².